The fourth-order valence-electron chi connectivity index (χ4n) is 6.20. The van der Waals surface area contributed by atoms with Crippen LogP contribution in [-0.2, 0) is 23.7 Å². The Morgan fingerprint density at radius 3 is 2.46 bits per heavy atom. The van der Waals surface area contributed by atoms with E-state index in [-0.39, 0.29) is 31.5 Å². The van der Waals surface area contributed by atoms with Gasteiger partial charge in [0, 0.05) is 43.2 Å². The molecule has 0 radical (unpaired) electrons. The highest BCUT2D eigenvalue weighted by molar-refractivity contribution is 5.87. The average molecular weight is 535 g/mol. The third-order valence-corrected chi connectivity index (χ3v) is 8.53. The molecule has 1 amide bonds. The van der Waals surface area contributed by atoms with Gasteiger partial charge in [-0.1, -0.05) is 30.3 Å². The molecule has 2 aromatic heterocycles. The van der Waals surface area contributed by atoms with E-state index in [1.54, 1.807) is 30.2 Å². The van der Waals surface area contributed by atoms with E-state index in [9.17, 15) is 22.8 Å². The third-order valence-electron chi connectivity index (χ3n) is 8.53. The number of carbonyl (C=O) groups excluding carboxylic acids is 1. The summed E-state index contributed by atoms with van der Waals surface area (Å²) in [5.74, 6) is -0.786. The lowest BCUT2D eigenvalue weighted by Crippen LogP contribution is -2.45. The van der Waals surface area contributed by atoms with Crippen LogP contribution in [0.2, 0.25) is 0 Å². The van der Waals surface area contributed by atoms with Crippen LogP contribution in [0.1, 0.15) is 36.0 Å². The van der Waals surface area contributed by atoms with Gasteiger partial charge in [0.15, 0.2) is 0 Å². The Labute approximate surface area is 223 Å². The highest BCUT2D eigenvalue weighted by atomic mass is 19.4. The number of amides is 1. The zero-order valence-corrected chi connectivity index (χ0v) is 21.8. The standard InChI is InChI=1S/C30H29F3N4O2/c1-20-14-25-22(17-34-37(25)23-8-9-26(38)35(2)18-23)15-24(20)28(16-21-6-4-3-5-7-21)12-13-36(19-28)27(39)29(10-11-29)30(31,32)33/h3-9,14-15,17-18H,10-13,16,19H2,1-2H3. The van der Waals surface area contributed by atoms with Crippen LogP contribution in [0.4, 0.5) is 13.2 Å². The van der Waals surface area contributed by atoms with E-state index < -0.39 is 22.9 Å². The largest absolute Gasteiger partial charge is 0.403 e. The molecule has 1 aliphatic carbocycles. The minimum absolute atomic E-state index is 0.115. The van der Waals surface area contributed by atoms with E-state index in [1.165, 1.54) is 15.5 Å². The maximum atomic E-state index is 13.8. The van der Waals surface area contributed by atoms with Crippen molar-refractivity contribution in [3.8, 4) is 5.69 Å². The van der Waals surface area contributed by atoms with Crippen molar-refractivity contribution in [2.45, 2.75) is 44.2 Å². The van der Waals surface area contributed by atoms with Crippen LogP contribution in [0.5, 0.6) is 0 Å². The van der Waals surface area contributed by atoms with E-state index in [0.717, 1.165) is 33.3 Å². The number of pyridine rings is 1. The second kappa shape index (κ2) is 8.83. The number of hydrogen-bond acceptors (Lipinski definition) is 3. The molecule has 1 unspecified atom stereocenters. The van der Waals surface area contributed by atoms with Crippen molar-refractivity contribution in [3.63, 3.8) is 0 Å². The van der Waals surface area contributed by atoms with E-state index in [2.05, 4.69) is 11.2 Å². The van der Waals surface area contributed by atoms with Crippen molar-refractivity contribution in [2.24, 2.45) is 12.5 Å². The Kier molecular flexibility index (Phi) is 5.75. The van der Waals surface area contributed by atoms with Crippen LogP contribution in [-0.4, -0.2) is 44.4 Å². The van der Waals surface area contributed by atoms with Crippen LogP contribution in [0.25, 0.3) is 16.6 Å². The van der Waals surface area contributed by atoms with Crippen LogP contribution in [0.3, 0.4) is 0 Å². The second-order valence-corrected chi connectivity index (χ2v) is 11.1. The summed E-state index contributed by atoms with van der Waals surface area (Å²) < 4.78 is 44.7. The number of halogens is 3. The van der Waals surface area contributed by atoms with E-state index in [1.807, 2.05) is 43.3 Å². The highest BCUT2D eigenvalue weighted by Gasteiger charge is 2.70. The molecular formula is C30H29F3N4O2. The molecule has 0 bridgehead atoms. The highest BCUT2D eigenvalue weighted by Crippen LogP contribution is 2.59. The Balaban J connectivity index is 1.42. The lowest BCUT2D eigenvalue weighted by atomic mass is 9.73. The summed E-state index contributed by atoms with van der Waals surface area (Å²) in [6.07, 6.45) is -0.122. The van der Waals surface area contributed by atoms with Crippen molar-refractivity contribution >= 4 is 16.8 Å². The molecular weight excluding hydrogens is 505 g/mol. The molecule has 3 heterocycles. The summed E-state index contributed by atoms with van der Waals surface area (Å²) in [5, 5.41) is 5.46. The van der Waals surface area contributed by atoms with Crippen LogP contribution >= 0.6 is 0 Å². The predicted molar refractivity (Wildman–Crippen MR) is 142 cm³/mol. The van der Waals surface area contributed by atoms with Gasteiger partial charge in [0.1, 0.15) is 5.41 Å². The normalized spacial score (nSPS) is 20.5. The molecule has 39 heavy (non-hydrogen) atoms. The lowest BCUT2D eigenvalue weighted by molar-refractivity contribution is -0.198. The Morgan fingerprint density at radius 1 is 1.05 bits per heavy atom. The minimum atomic E-state index is -4.53. The molecule has 2 fully saturated rings. The molecule has 0 N–H and O–H groups in total. The van der Waals surface area contributed by atoms with Crippen molar-refractivity contribution in [2.75, 3.05) is 13.1 Å². The van der Waals surface area contributed by atoms with Gasteiger partial charge >= 0.3 is 6.18 Å². The fraction of sp³-hybridized carbons (Fsp3) is 0.367. The molecule has 2 aliphatic rings. The van der Waals surface area contributed by atoms with E-state index in [4.69, 9.17) is 0 Å². The Bertz CT molecular complexity index is 1640. The molecule has 4 aromatic rings. The maximum Gasteiger partial charge on any atom is 0.403 e. The number of hydrogen-bond donors (Lipinski definition) is 0. The van der Waals surface area contributed by atoms with Crippen molar-refractivity contribution in [1.82, 2.24) is 19.2 Å². The molecule has 6 rings (SSSR count). The number of carbonyl (C=O) groups is 1. The first-order chi connectivity index (χ1) is 18.5. The molecule has 1 saturated heterocycles. The van der Waals surface area contributed by atoms with E-state index in [0.29, 0.717) is 12.8 Å². The summed E-state index contributed by atoms with van der Waals surface area (Å²) in [6.45, 7) is 2.53. The number of benzene rings is 2. The lowest BCUT2D eigenvalue weighted by Gasteiger charge is -2.33. The van der Waals surface area contributed by atoms with Gasteiger partial charge in [0.2, 0.25) is 11.5 Å². The molecule has 2 aromatic carbocycles. The molecule has 202 valence electrons. The summed E-state index contributed by atoms with van der Waals surface area (Å²) in [4.78, 5) is 26.5. The van der Waals surface area contributed by atoms with Gasteiger partial charge in [0.25, 0.3) is 0 Å². The predicted octanol–water partition coefficient (Wildman–Crippen LogP) is 5.09. The monoisotopic (exact) mass is 534 g/mol. The first kappa shape index (κ1) is 25.4. The number of aromatic nitrogens is 3. The fourth-order valence-corrected chi connectivity index (χ4v) is 6.20. The van der Waals surface area contributed by atoms with Gasteiger partial charge < -0.3 is 9.47 Å². The number of likely N-dealkylation sites (tertiary alicyclic amines) is 1. The molecule has 9 heteroatoms. The Morgan fingerprint density at radius 2 is 1.79 bits per heavy atom. The maximum absolute atomic E-state index is 13.8. The summed E-state index contributed by atoms with van der Waals surface area (Å²) in [5.41, 5.74) is 1.82. The zero-order valence-electron chi connectivity index (χ0n) is 21.8. The minimum Gasteiger partial charge on any atom is -0.341 e. The molecule has 6 nitrogen and oxygen atoms in total. The first-order valence-electron chi connectivity index (χ1n) is 13.1. The van der Waals surface area contributed by atoms with Gasteiger partial charge in [-0.15, -0.1) is 0 Å². The van der Waals surface area contributed by atoms with Crippen LogP contribution < -0.4 is 5.56 Å². The number of nitrogens with zero attached hydrogens (tertiary/aromatic N) is 4. The zero-order chi connectivity index (χ0) is 27.6. The van der Waals surface area contributed by atoms with Crippen molar-refractivity contribution in [1.29, 1.82) is 0 Å². The van der Waals surface area contributed by atoms with Gasteiger partial charge in [-0.25, -0.2) is 4.68 Å². The van der Waals surface area contributed by atoms with Gasteiger partial charge in [-0.2, -0.15) is 18.3 Å². The SMILES string of the molecule is Cc1cc2c(cnn2-c2ccc(=O)n(C)c2)cc1C1(Cc2ccccc2)CCN(C(=O)C2(C(F)(F)F)CC2)C1. The quantitative estimate of drug-likeness (QED) is 0.359. The number of aryl methyl sites for hydroxylation is 2. The molecule has 1 atom stereocenters. The summed E-state index contributed by atoms with van der Waals surface area (Å²) >= 11 is 0. The van der Waals surface area contributed by atoms with Gasteiger partial charge in [0.05, 0.1) is 17.4 Å². The van der Waals surface area contributed by atoms with Gasteiger partial charge in [-0.3, -0.25) is 9.59 Å². The topological polar surface area (TPSA) is 60.1 Å². The molecule has 1 saturated carbocycles. The summed E-state index contributed by atoms with van der Waals surface area (Å²) in [6, 6.07) is 17.2. The van der Waals surface area contributed by atoms with Gasteiger partial charge in [-0.05, 0) is 67.5 Å². The van der Waals surface area contributed by atoms with Crippen molar-refractivity contribution < 1.29 is 18.0 Å². The number of alkyl halides is 3. The first-order valence-corrected chi connectivity index (χ1v) is 13.1. The van der Waals surface area contributed by atoms with Crippen molar-refractivity contribution in [3.05, 3.63) is 94.0 Å². The van der Waals surface area contributed by atoms with Crippen LogP contribution in [0.15, 0.2) is 71.8 Å². The second-order valence-electron chi connectivity index (χ2n) is 11.1. The number of rotatable bonds is 5. The average Bonchev–Trinajstić information content (AvgIpc) is 3.48. The van der Waals surface area contributed by atoms with E-state index >= 15 is 0 Å². The molecule has 1 aliphatic heterocycles. The molecule has 0 spiro atoms. The smallest absolute Gasteiger partial charge is 0.341 e. The Hall–Kier alpha value is -3.88. The summed E-state index contributed by atoms with van der Waals surface area (Å²) in [7, 11) is 1.69. The number of fused-ring (bicyclic) bond motifs is 1. The van der Waals surface area contributed by atoms with Crippen LogP contribution in [0, 0.1) is 12.3 Å². The third kappa shape index (κ3) is 4.15.